The lowest BCUT2D eigenvalue weighted by Crippen LogP contribution is -2.47. The Kier molecular flexibility index (Phi) is 5.73. The summed E-state index contributed by atoms with van der Waals surface area (Å²) >= 11 is 2.09. The topological polar surface area (TPSA) is 94.3 Å². The summed E-state index contributed by atoms with van der Waals surface area (Å²) in [5.74, 6) is -0.616. The van der Waals surface area contributed by atoms with Crippen LogP contribution in [0.2, 0.25) is 0 Å². The summed E-state index contributed by atoms with van der Waals surface area (Å²) in [7, 11) is 0. The SMILES string of the molecule is CC(C)(C)OC(=O)N[C@@H](Cc1ccc(I)nc1)C(N)=O. The molecule has 0 fully saturated rings. The summed E-state index contributed by atoms with van der Waals surface area (Å²) < 4.78 is 5.95. The molecule has 0 spiro atoms. The largest absolute Gasteiger partial charge is 0.444 e. The molecule has 0 saturated carbocycles. The van der Waals surface area contributed by atoms with Crippen LogP contribution in [0.4, 0.5) is 4.79 Å². The molecule has 1 aromatic heterocycles. The number of rotatable bonds is 4. The number of primary amides is 1. The normalized spacial score (nSPS) is 12.6. The van der Waals surface area contributed by atoms with E-state index in [2.05, 4.69) is 32.9 Å². The third-order valence-corrected chi connectivity index (χ3v) is 2.90. The minimum Gasteiger partial charge on any atom is -0.444 e. The van der Waals surface area contributed by atoms with E-state index < -0.39 is 23.6 Å². The number of amides is 2. The van der Waals surface area contributed by atoms with Crippen molar-refractivity contribution in [2.45, 2.75) is 38.8 Å². The van der Waals surface area contributed by atoms with E-state index in [-0.39, 0.29) is 6.42 Å². The number of pyridine rings is 1. The number of carbonyl (C=O) groups is 2. The van der Waals surface area contributed by atoms with Crippen LogP contribution in [0.5, 0.6) is 0 Å². The number of nitrogens with zero attached hydrogens (tertiary/aromatic N) is 1. The zero-order chi connectivity index (χ0) is 15.3. The van der Waals surface area contributed by atoms with E-state index in [1.54, 1.807) is 27.0 Å². The van der Waals surface area contributed by atoms with Gasteiger partial charge in [-0.05, 0) is 55.0 Å². The molecule has 7 heteroatoms. The van der Waals surface area contributed by atoms with Gasteiger partial charge in [0, 0.05) is 12.6 Å². The van der Waals surface area contributed by atoms with E-state index in [1.807, 2.05) is 12.1 Å². The second kappa shape index (κ2) is 6.87. The number of aromatic nitrogens is 1. The molecule has 3 N–H and O–H groups in total. The van der Waals surface area contributed by atoms with E-state index in [9.17, 15) is 9.59 Å². The minimum absolute atomic E-state index is 0.276. The first kappa shape index (κ1) is 16.7. The highest BCUT2D eigenvalue weighted by Crippen LogP contribution is 2.09. The van der Waals surface area contributed by atoms with E-state index in [0.29, 0.717) is 0 Å². The highest BCUT2D eigenvalue weighted by molar-refractivity contribution is 14.1. The third kappa shape index (κ3) is 6.18. The standard InChI is InChI=1S/C13H18IN3O3/c1-13(2,3)20-12(19)17-9(11(15)18)6-8-4-5-10(14)16-7-8/h4-5,7,9H,6H2,1-3H3,(H2,15,18)(H,17,19)/t9-/m0/s1. The quantitative estimate of drug-likeness (QED) is 0.602. The average molecular weight is 391 g/mol. The molecule has 1 atom stereocenters. The van der Waals surface area contributed by atoms with Crippen LogP contribution in [-0.2, 0) is 16.0 Å². The minimum atomic E-state index is -0.827. The molecule has 1 heterocycles. The lowest BCUT2D eigenvalue weighted by molar-refractivity contribution is -0.120. The van der Waals surface area contributed by atoms with Gasteiger partial charge in [0.1, 0.15) is 15.3 Å². The second-order valence-electron chi connectivity index (χ2n) is 5.29. The first-order valence-corrected chi connectivity index (χ1v) is 7.14. The Hall–Kier alpha value is -1.38. The van der Waals surface area contributed by atoms with Crippen LogP contribution in [0.3, 0.4) is 0 Å². The summed E-state index contributed by atoms with van der Waals surface area (Å²) in [6, 6.07) is 2.83. The van der Waals surface area contributed by atoms with Gasteiger partial charge >= 0.3 is 6.09 Å². The summed E-state index contributed by atoms with van der Waals surface area (Å²) in [5, 5.41) is 2.47. The maximum atomic E-state index is 11.7. The third-order valence-electron chi connectivity index (χ3n) is 2.26. The van der Waals surface area contributed by atoms with Crippen molar-refractivity contribution in [3.63, 3.8) is 0 Å². The van der Waals surface area contributed by atoms with Gasteiger partial charge in [-0.1, -0.05) is 6.07 Å². The number of carbonyl (C=O) groups excluding carboxylic acids is 2. The van der Waals surface area contributed by atoms with Gasteiger partial charge in [-0.25, -0.2) is 4.79 Å². The lowest BCUT2D eigenvalue weighted by atomic mass is 10.1. The van der Waals surface area contributed by atoms with Crippen LogP contribution in [0.1, 0.15) is 26.3 Å². The van der Waals surface area contributed by atoms with Crippen LogP contribution < -0.4 is 11.1 Å². The van der Waals surface area contributed by atoms with Crippen molar-refractivity contribution >= 4 is 34.6 Å². The van der Waals surface area contributed by atoms with E-state index in [0.717, 1.165) is 9.26 Å². The van der Waals surface area contributed by atoms with Gasteiger partial charge in [0.2, 0.25) is 5.91 Å². The van der Waals surface area contributed by atoms with E-state index in [4.69, 9.17) is 10.5 Å². The molecule has 110 valence electrons. The molecule has 2 amide bonds. The fourth-order valence-corrected chi connectivity index (χ4v) is 1.75. The Morgan fingerprint density at radius 2 is 2.10 bits per heavy atom. The number of nitrogens with one attached hydrogen (secondary N) is 1. The van der Waals surface area contributed by atoms with Crippen molar-refractivity contribution in [3.8, 4) is 0 Å². The van der Waals surface area contributed by atoms with E-state index >= 15 is 0 Å². The molecular weight excluding hydrogens is 373 g/mol. The molecule has 1 rings (SSSR count). The number of ether oxygens (including phenoxy) is 1. The molecule has 0 bridgehead atoms. The van der Waals surface area contributed by atoms with Crippen LogP contribution >= 0.6 is 22.6 Å². The molecule has 0 aliphatic heterocycles. The first-order chi connectivity index (χ1) is 9.17. The van der Waals surface area contributed by atoms with Gasteiger partial charge in [0.15, 0.2) is 0 Å². The molecule has 20 heavy (non-hydrogen) atoms. The lowest BCUT2D eigenvalue weighted by Gasteiger charge is -2.22. The zero-order valence-corrected chi connectivity index (χ0v) is 13.8. The Morgan fingerprint density at radius 1 is 1.45 bits per heavy atom. The Balaban J connectivity index is 2.68. The van der Waals surface area contributed by atoms with Crippen LogP contribution in [0, 0.1) is 3.70 Å². The van der Waals surface area contributed by atoms with Crippen molar-refractivity contribution in [2.75, 3.05) is 0 Å². The predicted molar refractivity (Wildman–Crippen MR) is 83.0 cm³/mol. The Morgan fingerprint density at radius 3 is 2.55 bits per heavy atom. The van der Waals surface area contributed by atoms with E-state index in [1.165, 1.54) is 0 Å². The van der Waals surface area contributed by atoms with Gasteiger partial charge < -0.3 is 15.8 Å². The van der Waals surface area contributed by atoms with Crippen molar-refractivity contribution in [1.82, 2.24) is 10.3 Å². The average Bonchev–Trinajstić information content (AvgIpc) is 2.28. The molecule has 1 aromatic rings. The summed E-state index contributed by atoms with van der Waals surface area (Å²) in [6.45, 7) is 5.23. The molecule has 0 radical (unpaired) electrons. The van der Waals surface area contributed by atoms with Crippen LogP contribution in [0.25, 0.3) is 0 Å². The first-order valence-electron chi connectivity index (χ1n) is 6.06. The number of nitrogens with two attached hydrogens (primary N) is 1. The molecule has 0 unspecified atom stereocenters. The molecule has 0 aliphatic rings. The molecule has 0 saturated heterocycles. The Bertz CT molecular complexity index is 483. The molecule has 6 nitrogen and oxygen atoms in total. The zero-order valence-electron chi connectivity index (χ0n) is 11.6. The van der Waals surface area contributed by atoms with Gasteiger partial charge in [-0.2, -0.15) is 0 Å². The summed E-state index contributed by atoms with van der Waals surface area (Å²) in [4.78, 5) is 27.2. The van der Waals surface area contributed by atoms with Crippen LogP contribution in [-0.4, -0.2) is 28.6 Å². The number of halogens is 1. The summed E-state index contributed by atoms with van der Waals surface area (Å²) in [5.41, 5.74) is 5.48. The second-order valence-corrected chi connectivity index (χ2v) is 6.40. The predicted octanol–water partition coefficient (Wildman–Crippen LogP) is 1.61. The monoisotopic (exact) mass is 391 g/mol. The molecule has 0 aliphatic carbocycles. The number of hydrogen-bond acceptors (Lipinski definition) is 4. The highest BCUT2D eigenvalue weighted by Gasteiger charge is 2.23. The highest BCUT2D eigenvalue weighted by atomic mass is 127. The fraction of sp³-hybridized carbons (Fsp3) is 0.462. The van der Waals surface area contributed by atoms with Crippen LogP contribution in [0.15, 0.2) is 18.3 Å². The van der Waals surface area contributed by atoms with Crippen molar-refractivity contribution < 1.29 is 14.3 Å². The number of hydrogen-bond donors (Lipinski definition) is 2. The maximum absolute atomic E-state index is 11.7. The molecule has 0 aromatic carbocycles. The fourth-order valence-electron chi connectivity index (χ4n) is 1.44. The molecular formula is C13H18IN3O3. The van der Waals surface area contributed by atoms with Crippen molar-refractivity contribution in [1.29, 1.82) is 0 Å². The Labute approximate surface area is 131 Å². The van der Waals surface area contributed by atoms with Gasteiger partial charge in [-0.3, -0.25) is 9.78 Å². The van der Waals surface area contributed by atoms with Gasteiger partial charge in [0.25, 0.3) is 0 Å². The smallest absolute Gasteiger partial charge is 0.408 e. The maximum Gasteiger partial charge on any atom is 0.408 e. The van der Waals surface area contributed by atoms with Gasteiger partial charge in [-0.15, -0.1) is 0 Å². The summed E-state index contributed by atoms with van der Waals surface area (Å²) in [6.07, 6.45) is 1.26. The van der Waals surface area contributed by atoms with Gasteiger partial charge in [0.05, 0.1) is 0 Å². The van der Waals surface area contributed by atoms with Crippen molar-refractivity contribution in [3.05, 3.63) is 27.6 Å². The van der Waals surface area contributed by atoms with Crippen molar-refractivity contribution in [2.24, 2.45) is 5.73 Å². The number of alkyl carbamates (subject to hydrolysis) is 1.